The van der Waals surface area contributed by atoms with Crippen LogP contribution in [-0.2, 0) is 17.8 Å². The molecule has 2 aromatic rings. The average Bonchev–Trinajstić information content (AvgIpc) is 2.69. The lowest BCUT2D eigenvalue weighted by Crippen LogP contribution is -2.36. The van der Waals surface area contributed by atoms with Gasteiger partial charge in [-0.25, -0.2) is 4.99 Å². The summed E-state index contributed by atoms with van der Waals surface area (Å²) in [6, 6.07) is 16.5. The molecular weight excluding hydrogens is 465 g/mol. The van der Waals surface area contributed by atoms with E-state index in [2.05, 4.69) is 59.8 Å². The lowest BCUT2D eigenvalue weighted by molar-refractivity contribution is 0.110. The Bertz CT molecular complexity index is 708. The molecule has 0 aliphatic heterocycles. The van der Waals surface area contributed by atoms with Crippen LogP contribution in [0.2, 0.25) is 0 Å². The van der Waals surface area contributed by atoms with Gasteiger partial charge in [-0.2, -0.15) is 0 Å². The normalized spacial score (nSPS) is 10.9. The SMILES string of the molecule is CCNC(=NCc1ccccc1)NCc1ccc(C)cc1OCCOCC.I. The third-order valence-corrected chi connectivity index (χ3v) is 3.97. The van der Waals surface area contributed by atoms with Gasteiger partial charge in [0.05, 0.1) is 13.2 Å². The maximum Gasteiger partial charge on any atom is 0.191 e. The van der Waals surface area contributed by atoms with Gasteiger partial charge in [0, 0.05) is 25.3 Å². The van der Waals surface area contributed by atoms with Gasteiger partial charge in [0.15, 0.2) is 5.96 Å². The van der Waals surface area contributed by atoms with Crippen LogP contribution in [0.25, 0.3) is 0 Å². The fourth-order valence-electron chi connectivity index (χ4n) is 2.57. The van der Waals surface area contributed by atoms with Crippen LogP contribution in [-0.4, -0.2) is 32.3 Å². The largest absolute Gasteiger partial charge is 0.491 e. The zero-order valence-corrected chi connectivity index (χ0v) is 19.4. The van der Waals surface area contributed by atoms with Crippen LogP contribution in [0.5, 0.6) is 5.75 Å². The van der Waals surface area contributed by atoms with E-state index in [4.69, 9.17) is 9.47 Å². The van der Waals surface area contributed by atoms with Crippen LogP contribution < -0.4 is 15.4 Å². The molecule has 0 fully saturated rings. The van der Waals surface area contributed by atoms with E-state index in [-0.39, 0.29) is 24.0 Å². The first kappa shape index (κ1) is 24.2. The second-order valence-electron chi connectivity index (χ2n) is 6.19. The molecule has 0 aliphatic rings. The minimum absolute atomic E-state index is 0. The fraction of sp³-hybridized carbons (Fsp3) is 0.409. The first-order chi connectivity index (χ1) is 13.2. The number of hydrogen-bond donors (Lipinski definition) is 2. The highest BCUT2D eigenvalue weighted by molar-refractivity contribution is 14.0. The van der Waals surface area contributed by atoms with Crippen LogP contribution in [0, 0.1) is 6.92 Å². The molecule has 0 atom stereocenters. The van der Waals surface area contributed by atoms with Gasteiger partial charge < -0.3 is 20.1 Å². The van der Waals surface area contributed by atoms with E-state index in [9.17, 15) is 0 Å². The first-order valence-electron chi connectivity index (χ1n) is 9.59. The third-order valence-electron chi connectivity index (χ3n) is 3.97. The highest BCUT2D eigenvalue weighted by Gasteiger charge is 2.06. The number of hydrogen-bond acceptors (Lipinski definition) is 3. The van der Waals surface area contributed by atoms with Crippen molar-refractivity contribution in [3.63, 3.8) is 0 Å². The summed E-state index contributed by atoms with van der Waals surface area (Å²) >= 11 is 0. The van der Waals surface area contributed by atoms with Crippen molar-refractivity contribution in [3.8, 4) is 5.75 Å². The Kier molecular flexibility index (Phi) is 12.3. The quantitative estimate of drug-likeness (QED) is 0.223. The van der Waals surface area contributed by atoms with E-state index in [0.717, 1.165) is 23.8 Å². The topological polar surface area (TPSA) is 54.9 Å². The zero-order valence-electron chi connectivity index (χ0n) is 17.0. The Hall–Kier alpha value is -1.80. The van der Waals surface area contributed by atoms with Crippen molar-refractivity contribution in [2.45, 2.75) is 33.9 Å². The molecule has 2 aromatic carbocycles. The molecule has 0 aromatic heterocycles. The van der Waals surface area contributed by atoms with E-state index >= 15 is 0 Å². The molecule has 0 spiro atoms. The van der Waals surface area contributed by atoms with Gasteiger partial charge in [-0.05, 0) is 38.0 Å². The van der Waals surface area contributed by atoms with Crippen molar-refractivity contribution in [1.82, 2.24) is 10.6 Å². The third kappa shape index (κ3) is 8.93. The number of nitrogens with zero attached hydrogens (tertiary/aromatic N) is 1. The molecule has 154 valence electrons. The molecule has 0 radical (unpaired) electrons. The molecule has 2 rings (SSSR count). The molecule has 0 unspecified atom stereocenters. The van der Waals surface area contributed by atoms with Crippen LogP contribution >= 0.6 is 24.0 Å². The average molecular weight is 497 g/mol. The predicted molar refractivity (Wildman–Crippen MR) is 127 cm³/mol. The molecule has 0 amide bonds. The maximum absolute atomic E-state index is 5.92. The highest BCUT2D eigenvalue weighted by Crippen LogP contribution is 2.20. The number of aliphatic imine (C=N–C) groups is 1. The standard InChI is InChI=1S/C22H31N3O2.HI/c1-4-23-22(24-16-19-9-7-6-8-10-19)25-17-20-12-11-18(3)15-21(20)27-14-13-26-5-2;/h6-12,15H,4-5,13-14,16-17H2,1-3H3,(H2,23,24,25);1H. The van der Waals surface area contributed by atoms with Crippen LogP contribution in [0.4, 0.5) is 0 Å². The predicted octanol–water partition coefficient (Wildman–Crippen LogP) is 4.28. The van der Waals surface area contributed by atoms with E-state index < -0.39 is 0 Å². The lowest BCUT2D eigenvalue weighted by Gasteiger charge is -2.15. The number of rotatable bonds is 10. The van der Waals surface area contributed by atoms with Crippen molar-refractivity contribution in [2.24, 2.45) is 4.99 Å². The minimum Gasteiger partial charge on any atom is -0.491 e. The summed E-state index contributed by atoms with van der Waals surface area (Å²) in [7, 11) is 0. The summed E-state index contributed by atoms with van der Waals surface area (Å²) in [6.07, 6.45) is 0. The van der Waals surface area contributed by atoms with Gasteiger partial charge in [-0.3, -0.25) is 0 Å². The second-order valence-corrected chi connectivity index (χ2v) is 6.19. The van der Waals surface area contributed by atoms with E-state index in [0.29, 0.717) is 32.9 Å². The van der Waals surface area contributed by atoms with Gasteiger partial charge in [0.25, 0.3) is 0 Å². The number of aryl methyl sites for hydroxylation is 1. The Labute approximate surface area is 186 Å². The van der Waals surface area contributed by atoms with Gasteiger partial charge in [0.1, 0.15) is 12.4 Å². The molecule has 0 bridgehead atoms. The molecule has 6 heteroatoms. The molecule has 0 aliphatic carbocycles. The number of benzene rings is 2. The van der Waals surface area contributed by atoms with Gasteiger partial charge in [0.2, 0.25) is 0 Å². The molecule has 0 saturated heterocycles. The molecule has 2 N–H and O–H groups in total. The van der Waals surface area contributed by atoms with Crippen LogP contribution in [0.3, 0.4) is 0 Å². The summed E-state index contributed by atoms with van der Waals surface area (Å²) in [5, 5.41) is 6.69. The molecule has 5 nitrogen and oxygen atoms in total. The summed E-state index contributed by atoms with van der Waals surface area (Å²) in [6.45, 7) is 10.1. The summed E-state index contributed by atoms with van der Waals surface area (Å²) in [5.74, 6) is 1.68. The summed E-state index contributed by atoms with van der Waals surface area (Å²) in [5.41, 5.74) is 3.46. The monoisotopic (exact) mass is 497 g/mol. The number of ether oxygens (including phenoxy) is 2. The van der Waals surface area contributed by atoms with Crippen molar-refractivity contribution in [2.75, 3.05) is 26.4 Å². The van der Waals surface area contributed by atoms with Gasteiger partial charge in [-0.1, -0.05) is 42.5 Å². The number of halogens is 1. The van der Waals surface area contributed by atoms with E-state index in [1.165, 1.54) is 11.1 Å². The molecular formula is C22H32IN3O2. The highest BCUT2D eigenvalue weighted by atomic mass is 127. The number of guanidine groups is 1. The van der Waals surface area contributed by atoms with Crippen molar-refractivity contribution >= 4 is 29.9 Å². The van der Waals surface area contributed by atoms with Crippen molar-refractivity contribution < 1.29 is 9.47 Å². The Morgan fingerprint density at radius 1 is 1.00 bits per heavy atom. The van der Waals surface area contributed by atoms with Gasteiger partial charge >= 0.3 is 0 Å². The maximum atomic E-state index is 5.92. The smallest absolute Gasteiger partial charge is 0.191 e. The van der Waals surface area contributed by atoms with Crippen molar-refractivity contribution in [3.05, 3.63) is 65.2 Å². The molecule has 28 heavy (non-hydrogen) atoms. The molecule has 0 saturated carbocycles. The van der Waals surface area contributed by atoms with Gasteiger partial charge in [-0.15, -0.1) is 24.0 Å². The number of nitrogens with one attached hydrogen (secondary N) is 2. The lowest BCUT2D eigenvalue weighted by atomic mass is 10.1. The Morgan fingerprint density at radius 3 is 2.50 bits per heavy atom. The van der Waals surface area contributed by atoms with E-state index in [1.807, 2.05) is 25.1 Å². The van der Waals surface area contributed by atoms with Crippen molar-refractivity contribution in [1.29, 1.82) is 0 Å². The zero-order chi connectivity index (χ0) is 19.3. The molecule has 0 heterocycles. The summed E-state index contributed by atoms with van der Waals surface area (Å²) in [4.78, 5) is 4.67. The summed E-state index contributed by atoms with van der Waals surface area (Å²) < 4.78 is 11.3. The Morgan fingerprint density at radius 2 is 1.79 bits per heavy atom. The van der Waals surface area contributed by atoms with Crippen LogP contribution in [0.15, 0.2) is 53.5 Å². The van der Waals surface area contributed by atoms with Crippen LogP contribution in [0.1, 0.15) is 30.5 Å². The fourth-order valence-corrected chi connectivity index (χ4v) is 2.57. The minimum atomic E-state index is 0. The van der Waals surface area contributed by atoms with E-state index in [1.54, 1.807) is 0 Å². The second kappa shape index (κ2) is 14.2. The first-order valence-corrected chi connectivity index (χ1v) is 9.59. The Balaban J connectivity index is 0.00000392.